The highest BCUT2D eigenvalue weighted by Crippen LogP contribution is 2.25. The second kappa shape index (κ2) is 4.20. The van der Waals surface area contributed by atoms with E-state index in [-0.39, 0.29) is 16.7 Å². The van der Waals surface area contributed by atoms with Crippen molar-refractivity contribution in [3.8, 4) is 0 Å². The fourth-order valence-electron chi connectivity index (χ4n) is 1.84. The van der Waals surface area contributed by atoms with E-state index in [1.807, 2.05) is 0 Å². The maximum absolute atomic E-state index is 11.9. The quantitative estimate of drug-likeness (QED) is 0.569. The number of rotatable bonds is 3. The lowest BCUT2D eigenvalue weighted by Gasteiger charge is -2.22. The molecule has 1 aromatic rings. The van der Waals surface area contributed by atoms with Gasteiger partial charge in [-0.25, -0.2) is 0 Å². The monoisotopic (exact) mass is 261 g/mol. The van der Waals surface area contributed by atoms with E-state index in [1.54, 1.807) is 0 Å². The third-order valence-electron chi connectivity index (χ3n) is 2.88. The van der Waals surface area contributed by atoms with E-state index >= 15 is 0 Å². The molecular formula is C12H7NO6-2. The summed E-state index contributed by atoms with van der Waals surface area (Å²) in [7, 11) is 0. The minimum atomic E-state index is -1.57. The van der Waals surface area contributed by atoms with E-state index in [2.05, 4.69) is 0 Å². The molecule has 1 aromatic carbocycles. The van der Waals surface area contributed by atoms with Crippen molar-refractivity contribution in [3.05, 3.63) is 34.9 Å². The Labute approximate surface area is 107 Å². The summed E-state index contributed by atoms with van der Waals surface area (Å²) in [6.07, 6.45) is 0. The molecule has 0 N–H and O–H groups in total. The molecule has 98 valence electrons. The van der Waals surface area contributed by atoms with Gasteiger partial charge in [-0.05, 0) is 24.6 Å². The molecule has 0 radical (unpaired) electrons. The average Bonchev–Trinajstić information content (AvgIpc) is 2.60. The first-order valence-corrected chi connectivity index (χ1v) is 5.28. The predicted molar refractivity (Wildman–Crippen MR) is 55.7 cm³/mol. The largest absolute Gasteiger partial charge is 0.548 e. The molecular weight excluding hydrogens is 254 g/mol. The van der Waals surface area contributed by atoms with E-state index in [4.69, 9.17) is 0 Å². The zero-order valence-electron chi connectivity index (χ0n) is 9.71. The van der Waals surface area contributed by atoms with Gasteiger partial charge < -0.3 is 19.8 Å². The van der Waals surface area contributed by atoms with Crippen LogP contribution in [-0.4, -0.2) is 34.7 Å². The maximum Gasteiger partial charge on any atom is 0.262 e. The van der Waals surface area contributed by atoms with E-state index in [1.165, 1.54) is 0 Å². The van der Waals surface area contributed by atoms with Crippen LogP contribution in [0.15, 0.2) is 18.2 Å². The Morgan fingerprint density at radius 1 is 1.11 bits per heavy atom. The number of hydrogen-bond donors (Lipinski definition) is 0. The molecule has 0 saturated heterocycles. The molecule has 2 rings (SSSR count). The lowest BCUT2D eigenvalue weighted by Crippen LogP contribution is -2.48. The minimum Gasteiger partial charge on any atom is -0.548 e. The molecule has 1 aliphatic rings. The highest BCUT2D eigenvalue weighted by atomic mass is 16.4. The summed E-state index contributed by atoms with van der Waals surface area (Å²) >= 11 is 0. The van der Waals surface area contributed by atoms with Crippen molar-refractivity contribution >= 4 is 23.8 Å². The first-order valence-electron chi connectivity index (χ1n) is 5.28. The Morgan fingerprint density at radius 2 is 1.68 bits per heavy atom. The smallest absolute Gasteiger partial charge is 0.262 e. The summed E-state index contributed by atoms with van der Waals surface area (Å²) in [5.41, 5.74) is -0.453. The number of carboxylic acids is 2. The number of carbonyl (C=O) groups is 4. The van der Waals surface area contributed by atoms with Gasteiger partial charge in [0.1, 0.15) is 0 Å². The van der Waals surface area contributed by atoms with Crippen LogP contribution in [0, 0.1) is 0 Å². The van der Waals surface area contributed by atoms with Crippen LogP contribution in [0.25, 0.3) is 0 Å². The molecule has 7 heteroatoms. The molecule has 1 heterocycles. The van der Waals surface area contributed by atoms with E-state index in [9.17, 15) is 29.4 Å². The van der Waals surface area contributed by atoms with Gasteiger partial charge in [-0.3, -0.25) is 14.5 Å². The number of hydrogen-bond acceptors (Lipinski definition) is 6. The third-order valence-corrected chi connectivity index (χ3v) is 2.88. The standard InChI is InChI=1S/C12H9NO6/c1-5(11(16)17)13-9(14)7-3-2-6(12(18)19)4-8(7)10(13)15/h2-5H,1H3,(H,16,17)(H,18,19)/p-2/t5-/m0/s1. The van der Waals surface area contributed by atoms with Gasteiger partial charge in [0.15, 0.2) is 0 Å². The molecule has 0 saturated carbocycles. The van der Waals surface area contributed by atoms with Crippen LogP contribution in [-0.2, 0) is 4.79 Å². The molecule has 0 spiro atoms. The third kappa shape index (κ3) is 1.85. The summed E-state index contributed by atoms with van der Waals surface area (Å²) in [6, 6.07) is 1.83. The zero-order chi connectivity index (χ0) is 14.3. The molecule has 1 aliphatic heterocycles. The first kappa shape index (κ1) is 12.7. The van der Waals surface area contributed by atoms with Crippen LogP contribution in [0.1, 0.15) is 38.0 Å². The Hall–Kier alpha value is -2.70. The number of carboxylic acid groups (broad SMARTS) is 2. The molecule has 0 unspecified atom stereocenters. The average molecular weight is 261 g/mol. The van der Waals surface area contributed by atoms with Crippen molar-refractivity contribution in [1.29, 1.82) is 0 Å². The minimum absolute atomic E-state index is 0.0388. The lowest BCUT2D eigenvalue weighted by atomic mass is 10.1. The van der Waals surface area contributed by atoms with Gasteiger partial charge in [0, 0.05) is 0 Å². The van der Waals surface area contributed by atoms with Gasteiger partial charge in [-0.2, -0.15) is 0 Å². The van der Waals surface area contributed by atoms with Gasteiger partial charge >= 0.3 is 0 Å². The summed E-state index contributed by atoms with van der Waals surface area (Å²) < 4.78 is 0. The molecule has 0 fully saturated rings. The van der Waals surface area contributed by atoms with Crippen LogP contribution in [0.2, 0.25) is 0 Å². The lowest BCUT2D eigenvalue weighted by molar-refractivity contribution is -0.309. The van der Waals surface area contributed by atoms with Crippen LogP contribution >= 0.6 is 0 Å². The second-order valence-electron chi connectivity index (χ2n) is 4.02. The highest BCUT2D eigenvalue weighted by molar-refractivity contribution is 6.23. The molecule has 0 aromatic heterocycles. The first-order chi connectivity index (χ1) is 8.84. The summed E-state index contributed by atoms with van der Waals surface area (Å²) in [5.74, 6) is -4.72. The zero-order valence-corrected chi connectivity index (χ0v) is 9.71. The molecule has 2 amide bonds. The normalized spacial score (nSPS) is 15.3. The molecule has 1 atom stereocenters. The number of imide groups is 1. The van der Waals surface area contributed by atoms with Crippen molar-refractivity contribution in [2.24, 2.45) is 0 Å². The van der Waals surface area contributed by atoms with Crippen molar-refractivity contribution in [3.63, 3.8) is 0 Å². The Morgan fingerprint density at radius 3 is 2.21 bits per heavy atom. The van der Waals surface area contributed by atoms with Crippen molar-refractivity contribution in [2.75, 3.05) is 0 Å². The van der Waals surface area contributed by atoms with Crippen LogP contribution in [0.5, 0.6) is 0 Å². The van der Waals surface area contributed by atoms with Crippen molar-refractivity contribution < 1.29 is 29.4 Å². The fraction of sp³-hybridized carbons (Fsp3) is 0.167. The highest BCUT2D eigenvalue weighted by Gasteiger charge is 2.38. The summed E-state index contributed by atoms with van der Waals surface area (Å²) in [6.45, 7) is 1.14. The van der Waals surface area contributed by atoms with E-state index in [0.717, 1.165) is 25.1 Å². The number of aromatic carboxylic acids is 1. The van der Waals surface area contributed by atoms with Crippen LogP contribution in [0.4, 0.5) is 0 Å². The molecule has 0 bridgehead atoms. The molecule has 0 aliphatic carbocycles. The number of aliphatic carboxylic acids is 1. The van der Waals surface area contributed by atoms with Gasteiger partial charge in [-0.15, -0.1) is 0 Å². The topological polar surface area (TPSA) is 118 Å². The number of fused-ring (bicyclic) bond motifs is 1. The number of benzene rings is 1. The van der Waals surface area contributed by atoms with Crippen molar-refractivity contribution in [2.45, 2.75) is 13.0 Å². The van der Waals surface area contributed by atoms with Gasteiger partial charge in [0.25, 0.3) is 11.8 Å². The van der Waals surface area contributed by atoms with Crippen molar-refractivity contribution in [1.82, 2.24) is 4.90 Å². The SMILES string of the molecule is C[C@@H](C(=O)[O-])N1C(=O)c2ccc(C(=O)[O-])cc2C1=O. The summed E-state index contributed by atoms with van der Waals surface area (Å²) in [4.78, 5) is 45.8. The van der Waals surface area contributed by atoms with Gasteiger partial charge in [0.2, 0.25) is 0 Å². The van der Waals surface area contributed by atoms with E-state index < -0.39 is 29.8 Å². The van der Waals surface area contributed by atoms with E-state index in [0.29, 0.717) is 4.90 Å². The van der Waals surface area contributed by atoms with Gasteiger partial charge in [0.05, 0.1) is 29.1 Å². The summed E-state index contributed by atoms with van der Waals surface area (Å²) in [5, 5.41) is 21.4. The maximum atomic E-state index is 11.9. The van der Waals surface area contributed by atoms with Crippen LogP contribution < -0.4 is 10.2 Å². The van der Waals surface area contributed by atoms with Crippen LogP contribution in [0.3, 0.4) is 0 Å². The molecule has 19 heavy (non-hydrogen) atoms. The number of carbonyl (C=O) groups excluding carboxylic acids is 4. The Balaban J connectivity index is 2.50. The number of nitrogens with zero attached hydrogens (tertiary/aromatic N) is 1. The predicted octanol–water partition coefficient (Wildman–Crippen LogP) is -2.22. The number of amides is 2. The fourth-order valence-corrected chi connectivity index (χ4v) is 1.84. The Bertz CT molecular complexity index is 621. The second-order valence-corrected chi connectivity index (χ2v) is 4.02. The Kier molecular flexibility index (Phi) is 2.82. The van der Waals surface area contributed by atoms with Gasteiger partial charge in [-0.1, -0.05) is 6.07 Å². The molecule has 7 nitrogen and oxygen atoms in total.